The smallest absolute Gasteiger partial charge is 0.229 e. The summed E-state index contributed by atoms with van der Waals surface area (Å²) in [7, 11) is 0. The number of hydrogen-bond acceptors (Lipinski definition) is 2. The monoisotopic (exact) mass is 395 g/mol. The minimum atomic E-state index is -0.314. The van der Waals surface area contributed by atoms with Gasteiger partial charge in [-0.3, -0.25) is 9.59 Å². The van der Waals surface area contributed by atoms with Crippen molar-refractivity contribution in [2.24, 2.45) is 5.92 Å². The van der Waals surface area contributed by atoms with Crippen LogP contribution in [0.4, 0.5) is 5.69 Å². The normalized spacial score (nSPS) is 16.7. The Hall–Kier alpha value is -2.79. The van der Waals surface area contributed by atoms with Crippen LogP contribution in [-0.4, -0.2) is 34.8 Å². The van der Waals surface area contributed by atoms with Crippen LogP contribution >= 0.6 is 11.6 Å². The number of aryl methyl sites for hydroxylation is 1. The van der Waals surface area contributed by atoms with E-state index in [1.54, 1.807) is 4.90 Å². The third-order valence-corrected chi connectivity index (χ3v) is 5.49. The summed E-state index contributed by atoms with van der Waals surface area (Å²) in [6, 6.07) is 13.4. The molecule has 3 aromatic rings. The van der Waals surface area contributed by atoms with Crippen molar-refractivity contribution in [1.29, 1.82) is 0 Å². The first-order valence-electron chi connectivity index (χ1n) is 9.40. The van der Waals surface area contributed by atoms with Gasteiger partial charge in [-0.05, 0) is 54.8 Å². The van der Waals surface area contributed by atoms with Crippen molar-refractivity contribution >= 4 is 40.0 Å². The highest BCUT2D eigenvalue weighted by Crippen LogP contribution is 2.25. The van der Waals surface area contributed by atoms with E-state index in [1.165, 1.54) is 0 Å². The maximum Gasteiger partial charge on any atom is 0.229 e. The molecule has 0 aliphatic carbocycles. The maximum absolute atomic E-state index is 12.6. The molecule has 0 unspecified atom stereocenters. The molecule has 0 spiro atoms. The lowest BCUT2D eigenvalue weighted by molar-refractivity contribution is -0.128. The van der Waals surface area contributed by atoms with Gasteiger partial charge in [0.05, 0.1) is 5.92 Å². The van der Waals surface area contributed by atoms with E-state index in [9.17, 15) is 9.59 Å². The number of benzene rings is 2. The highest BCUT2D eigenvalue weighted by molar-refractivity contribution is 6.31. The van der Waals surface area contributed by atoms with Gasteiger partial charge in [-0.2, -0.15) is 0 Å². The van der Waals surface area contributed by atoms with Crippen molar-refractivity contribution < 1.29 is 9.59 Å². The average molecular weight is 396 g/mol. The van der Waals surface area contributed by atoms with Gasteiger partial charge in [0.15, 0.2) is 0 Å². The molecule has 1 aliphatic heterocycles. The number of halogens is 1. The Labute approximate surface area is 168 Å². The Morgan fingerprint density at radius 3 is 2.96 bits per heavy atom. The van der Waals surface area contributed by atoms with Gasteiger partial charge in [0.1, 0.15) is 0 Å². The molecule has 5 nitrogen and oxygen atoms in total. The molecule has 2 heterocycles. The number of H-pyrrole nitrogens is 1. The number of carbonyl (C=O) groups excluding carboxylic acids is 2. The second kappa shape index (κ2) is 7.68. The van der Waals surface area contributed by atoms with Crippen molar-refractivity contribution in [3.8, 4) is 0 Å². The van der Waals surface area contributed by atoms with Crippen LogP contribution in [0.1, 0.15) is 17.5 Å². The number of hydrogen-bond donors (Lipinski definition) is 2. The summed E-state index contributed by atoms with van der Waals surface area (Å²) >= 11 is 6.11. The van der Waals surface area contributed by atoms with E-state index in [0.29, 0.717) is 18.1 Å². The molecule has 1 aliphatic rings. The molecule has 0 bridgehead atoms. The van der Waals surface area contributed by atoms with Gasteiger partial charge in [0.2, 0.25) is 11.8 Å². The molecule has 2 amide bonds. The fraction of sp³-hybridized carbons (Fsp3) is 0.273. The standard InChI is InChI=1S/C22H22ClN3O2/c1-14-3-2-4-18(9-14)25-22(28)16-10-21(27)26(13-16)8-7-15-12-24-20-6-5-17(23)11-19(15)20/h2-6,9,11-12,16,24H,7-8,10,13H2,1H3,(H,25,28)/t16-/m0/s1. The first-order valence-corrected chi connectivity index (χ1v) is 9.78. The van der Waals surface area contributed by atoms with Gasteiger partial charge in [-0.15, -0.1) is 0 Å². The first kappa shape index (κ1) is 18.6. The van der Waals surface area contributed by atoms with Gasteiger partial charge >= 0.3 is 0 Å². The predicted molar refractivity (Wildman–Crippen MR) is 112 cm³/mol. The zero-order chi connectivity index (χ0) is 19.7. The second-order valence-electron chi connectivity index (χ2n) is 7.35. The second-order valence-corrected chi connectivity index (χ2v) is 7.79. The largest absolute Gasteiger partial charge is 0.361 e. The lowest BCUT2D eigenvalue weighted by atomic mass is 10.1. The molecule has 1 atom stereocenters. The van der Waals surface area contributed by atoms with Crippen LogP contribution in [0, 0.1) is 12.8 Å². The van der Waals surface area contributed by atoms with Crippen LogP contribution < -0.4 is 5.32 Å². The first-order chi connectivity index (χ1) is 13.5. The molecule has 28 heavy (non-hydrogen) atoms. The molecule has 0 radical (unpaired) electrons. The number of fused-ring (bicyclic) bond motifs is 1. The van der Waals surface area contributed by atoms with Crippen LogP contribution in [0.3, 0.4) is 0 Å². The van der Waals surface area contributed by atoms with Crippen LogP contribution in [0.25, 0.3) is 10.9 Å². The van der Waals surface area contributed by atoms with Gasteiger partial charge in [-0.25, -0.2) is 0 Å². The zero-order valence-corrected chi connectivity index (χ0v) is 16.4. The number of amides is 2. The third-order valence-electron chi connectivity index (χ3n) is 5.25. The summed E-state index contributed by atoms with van der Waals surface area (Å²) in [5.74, 6) is -0.381. The SMILES string of the molecule is Cc1cccc(NC(=O)[C@H]2CC(=O)N(CCc3c[nH]c4ccc(Cl)cc34)C2)c1. The van der Waals surface area contributed by atoms with Gasteiger partial charge < -0.3 is 15.2 Å². The van der Waals surface area contributed by atoms with Gasteiger partial charge in [-0.1, -0.05) is 23.7 Å². The number of carbonyl (C=O) groups is 2. The van der Waals surface area contributed by atoms with E-state index in [0.717, 1.165) is 34.1 Å². The molecule has 144 valence electrons. The van der Waals surface area contributed by atoms with Crippen molar-refractivity contribution in [3.05, 3.63) is 64.8 Å². The molecule has 2 aromatic carbocycles. The Balaban J connectivity index is 1.38. The average Bonchev–Trinajstić information content (AvgIpc) is 3.23. The molecule has 6 heteroatoms. The quantitative estimate of drug-likeness (QED) is 0.681. The van der Waals surface area contributed by atoms with E-state index in [2.05, 4.69) is 10.3 Å². The molecule has 1 aromatic heterocycles. The van der Waals surface area contributed by atoms with Crippen molar-refractivity contribution in [2.45, 2.75) is 19.8 Å². The molecule has 4 rings (SSSR count). The molecular formula is C22H22ClN3O2. The van der Waals surface area contributed by atoms with E-state index in [1.807, 2.05) is 55.6 Å². The van der Waals surface area contributed by atoms with Gasteiger partial charge in [0.25, 0.3) is 0 Å². The van der Waals surface area contributed by atoms with Crippen LogP contribution in [0.2, 0.25) is 5.02 Å². The minimum Gasteiger partial charge on any atom is -0.361 e. The maximum atomic E-state index is 12.6. The molecule has 1 fully saturated rings. The minimum absolute atomic E-state index is 0.0299. The molecule has 1 saturated heterocycles. The highest BCUT2D eigenvalue weighted by atomic mass is 35.5. The van der Waals surface area contributed by atoms with E-state index in [4.69, 9.17) is 11.6 Å². The van der Waals surface area contributed by atoms with Gasteiger partial charge in [0, 0.05) is 47.3 Å². The van der Waals surface area contributed by atoms with E-state index < -0.39 is 0 Å². The number of nitrogens with one attached hydrogen (secondary N) is 2. The van der Waals surface area contributed by atoms with Crippen LogP contribution in [0.5, 0.6) is 0 Å². The fourth-order valence-corrected chi connectivity index (χ4v) is 3.92. The molecule has 0 saturated carbocycles. The lowest BCUT2D eigenvalue weighted by Crippen LogP contribution is -2.30. The number of likely N-dealkylation sites (tertiary alicyclic amines) is 1. The fourth-order valence-electron chi connectivity index (χ4n) is 3.74. The summed E-state index contributed by atoms with van der Waals surface area (Å²) in [5.41, 5.74) is 4.01. The summed E-state index contributed by atoms with van der Waals surface area (Å²) in [5, 5.41) is 4.70. The zero-order valence-electron chi connectivity index (χ0n) is 15.7. The van der Waals surface area contributed by atoms with Crippen molar-refractivity contribution in [1.82, 2.24) is 9.88 Å². The number of nitrogens with zero attached hydrogens (tertiary/aromatic N) is 1. The Morgan fingerprint density at radius 1 is 1.29 bits per heavy atom. The Bertz CT molecular complexity index is 1040. The van der Waals surface area contributed by atoms with Crippen LogP contribution in [-0.2, 0) is 16.0 Å². The lowest BCUT2D eigenvalue weighted by Gasteiger charge is -2.16. The van der Waals surface area contributed by atoms with E-state index >= 15 is 0 Å². The summed E-state index contributed by atoms with van der Waals surface area (Å²) in [6.07, 6.45) is 2.94. The highest BCUT2D eigenvalue weighted by Gasteiger charge is 2.34. The van der Waals surface area contributed by atoms with Crippen molar-refractivity contribution in [2.75, 3.05) is 18.4 Å². The van der Waals surface area contributed by atoms with Crippen molar-refractivity contribution in [3.63, 3.8) is 0 Å². The number of aromatic amines is 1. The predicted octanol–water partition coefficient (Wildman–Crippen LogP) is 4.16. The molecular weight excluding hydrogens is 374 g/mol. The van der Waals surface area contributed by atoms with Crippen LogP contribution in [0.15, 0.2) is 48.7 Å². The number of anilines is 1. The summed E-state index contributed by atoms with van der Waals surface area (Å²) in [4.78, 5) is 30.0. The number of aromatic nitrogens is 1. The Kier molecular flexibility index (Phi) is 5.09. The third kappa shape index (κ3) is 3.90. The topological polar surface area (TPSA) is 65.2 Å². The summed E-state index contributed by atoms with van der Waals surface area (Å²) in [6.45, 7) is 3.03. The Morgan fingerprint density at radius 2 is 2.14 bits per heavy atom. The summed E-state index contributed by atoms with van der Waals surface area (Å²) < 4.78 is 0. The molecule has 2 N–H and O–H groups in total. The van der Waals surface area contributed by atoms with E-state index in [-0.39, 0.29) is 24.2 Å². The number of rotatable bonds is 5.